The van der Waals surface area contributed by atoms with Crippen LogP contribution >= 0.6 is 0 Å². The fraction of sp³-hybridized carbons (Fsp3) is 0.333. The van der Waals surface area contributed by atoms with Gasteiger partial charge in [-0.05, 0) is 56.0 Å². The van der Waals surface area contributed by atoms with E-state index >= 15 is 0 Å². The zero-order chi connectivity index (χ0) is 25.2. The number of halogens is 1. The molecule has 1 aliphatic heterocycles. The molecule has 1 fully saturated rings. The van der Waals surface area contributed by atoms with E-state index in [2.05, 4.69) is 31.2 Å². The fourth-order valence-electron chi connectivity index (χ4n) is 3.83. The average Bonchev–Trinajstić information content (AvgIpc) is 3.27. The van der Waals surface area contributed by atoms with Gasteiger partial charge in [-0.2, -0.15) is 0 Å². The normalized spacial score (nSPS) is 18.0. The first-order valence-electron chi connectivity index (χ1n) is 11.1. The van der Waals surface area contributed by atoms with Crippen molar-refractivity contribution in [3.8, 4) is 5.75 Å². The molecule has 1 saturated heterocycles. The van der Waals surface area contributed by atoms with Crippen LogP contribution in [0.1, 0.15) is 18.9 Å². The predicted octanol–water partition coefficient (Wildman–Crippen LogP) is 3.17. The molecule has 1 aromatic heterocycles. The van der Waals surface area contributed by atoms with Gasteiger partial charge in [-0.3, -0.25) is 4.79 Å². The van der Waals surface area contributed by atoms with Crippen LogP contribution in [0.4, 0.5) is 21.6 Å². The number of nitrogens with one attached hydrogen (secondary N) is 3. The molecule has 1 aliphatic rings. The zero-order valence-corrected chi connectivity index (χ0v) is 20.6. The third-order valence-corrected chi connectivity index (χ3v) is 6.08. The number of fused-ring (bicyclic) bond motifs is 1. The molecule has 2 aromatic carbocycles. The lowest BCUT2D eigenvalue weighted by atomic mass is 10.1. The van der Waals surface area contributed by atoms with Crippen molar-refractivity contribution < 1.29 is 22.9 Å². The van der Waals surface area contributed by atoms with Crippen LogP contribution in [-0.2, 0) is 19.2 Å². The summed E-state index contributed by atoms with van der Waals surface area (Å²) in [6, 6.07) is 7.55. The van der Waals surface area contributed by atoms with Crippen molar-refractivity contribution in [3.05, 3.63) is 48.0 Å². The molecule has 0 bridgehead atoms. The van der Waals surface area contributed by atoms with E-state index < -0.39 is 21.6 Å². The molecule has 2 heterocycles. The van der Waals surface area contributed by atoms with Gasteiger partial charge in [0.25, 0.3) is 5.91 Å². The van der Waals surface area contributed by atoms with Crippen molar-refractivity contribution in [2.24, 2.45) is 0 Å². The largest absolute Gasteiger partial charge is 0.479 e. The van der Waals surface area contributed by atoms with Crippen molar-refractivity contribution in [2.75, 3.05) is 29.5 Å². The van der Waals surface area contributed by atoms with Crippen LogP contribution in [0.2, 0.25) is 0 Å². The molecule has 3 N–H and O–H groups in total. The van der Waals surface area contributed by atoms with Gasteiger partial charge in [0.1, 0.15) is 23.7 Å². The molecule has 35 heavy (non-hydrogen) atoms. The van der Waals surface area contributed by atoms with Crippen LogP contribution in [0, 0.1) is 12.7 Å². The van der Waals surface area contributed by atoms with Crippen LogP contribution < -0.4 is 20.1 Å². The van der Waals surface area contributed by atoms with E-state index in [4.69, 9.17) is 9.47 Å². The molecular weight excluding hydrogens is 473 g/mol. The van der Waals surface area contributed by atoms with E-state index in [-0.39, 0.29) is 17.7 Å². The van der Waals surface area contributed by atoms with Crippen molar-refractivity contribution >= 4 is 49.6 Å². The molecule has 1 amide bonds. The first kappa shape index (κ1) is 24.7. The lowest BCUT2D eigenvalue weighted by Crippen LogP contribution is -2.42. The minimum Gasteiger partial charge on any atom is -0.479 e. The molecule has 3 atom stereocenters. The number of carbonyl (C=O) groups is 1. The Kier molecular flexibility index (Phi) is 7.08. The van der Waals surface area contributed by atoms with E-state index in [1.165, 1.54) is 30.8 Å². The summed E-state index contributed by atoms with van der Waals surface area (Å²) < 4.78 is 40.1. The van der Waals surface area contributed by atoms with Gasteiger partial charge in [-0.15, -0.1) is 0 Å². The Bertz CT molecular complexity index is 1360. The Balaban J connectivity index is 1.60. The number of aryl methyl sites for hydroxylation is 1. The lowest BCUT2D eigenvalue weighted by molar-refractivity contribution is -0.128. The van der Waals surface area contributed by atoms with E-state index in [1.54, 1.807) is 13.0 Å². The Labute approximate surface area is 203 Å². The van der Waals surface area contributed by atoms with Crippen LogP contribution in [0.3, 0.4) is 0 Å². The maximum absolute atomic E-state index is 14.1. The lowest BCUT2D eigenvalue weighted by Gasteiger charge is -2.20. The average molecular weight is 502 g/mol. The summed E-state index contributed by atoms with van der Waals surface area (Å²) in [4.78, 5) is 21.2. The number of hydrogen-bond acceptors (Lipinski definition) is 7. The number of hydrogen-bond donors (Lipinski definition) is 3. The van der Waals surface area contributed by atoms with Crippen molar-refractivity contribution in [2.45, 2.75) is 32.4 Å². The monoisotopic (exact) mass is 501 g/mol. The minimum atomic E-state index is -2.46. The number of amides is 1. The second-order valence-electron chi connectivity index (χ2n) is 8.61. The van der Waals surface area contributed by atoms with Crippen molar-refractivity contribution in [1.29, 1.82) is 0 Å². The quantitative estimate of drug-likeness (QED) is 0.406. The Morgan fingerprint density at radius 1 is 1.31 bits per heavy atom. The first-order chi connectivity index (χ1) is 16.6. The third kappa shape index (κ3) is 6.17. The topological polar surface area (TPSA) is 114 Å². The highest BCUT2D eigenvalue weighted by molar-refractivity contribution is 8.00. The highest BCUT2D eigenvalue weighted by Crippen LogP contribution is 2.33. The maximum atomic E-state index is 14.1. The van der Waals surface area contributed by atoms with Crippen molar-refractivity contribution in [1.82, 2.24) is 15.3 Å². The van der Waals surface area contributed by atoms with Crippen LogP contribution in [-0.4, -0.2) is 57.6 Å². The summed E-state index contributed by atoms with van der Waals surface area (Å²) >= 11 is 0. The number of carbonyl (C=O) groups excluding carboxylic acids is 1. The van der Waals surface area contributed by atoms with E-state index in [0.717, 1.165) is 17.4 Å². The van der Waals surface area contributed by atoms with Crippen LogP contribution in [0.5, 0.6) is 5.75 Å². The molecular formula is C24H28FN5O4S. The number of aromatic nitrogens is 2. The molecule has 3 aromatic rings. The Morgan fingerprint density at radius 3 is 2.83 bits per heavy atom. The highest BCUT2D eigenvalue weighted by atomic mass is 32.2. The molecule has 0 radical (unpaired) electrons. The van der Waals surface area contributed by atoms with Gasteiger partial charge in [0.2, 0.25) is 0 Å². The summed E-state index contributed by atoms with van der Waals surface area (Å²) in [6.45, 7) is 4.55. The van der Waals surface area contributed by atoms with E-state index in [9.17, 15) is 13.4 Å². The number of rotatable bonds is 8. The van der Waals surface area contributed by atoms with Crippen LogP contribution in [0.15, 0.2) is 36.7 Å². The minimum absolute atomic E-state index is 0.0574. The van der Waals surface area contributed by atoms with E-state index in [1.807, 2.05) is 13.0 Å². The Morgan fingerprint density at radius 2 is 2.11 bits per heavy atom. The van der Waals surface area contributed by atoms with E-state index in [0.29, 0.717) is 35.9 Å². The number of ether oxygens (including phenoxy) is 2. The summed E-state index contributed by atoms with van der Waals surface area (Å²) in [5.74, 6) is 3.45. The zero-order valence-electron chi connectivity index (χ0n) is 19.8. The molecule has 0 spiro atoms. The molecule has 11 heteroatoms. The highest BCUT2D eigenvalue weighted by Gasteiger charge is 2.23. The van der Waals surface area contributed by atoms with Gasteiger partial charge in [0.15, 0.2) is 6.10 Å². The second kappa shape index (κ2) is 10.0. The van der Waals surface area contributed by atoms with Crippen molar-refractivity contribution in [3.63, 3.8) is 0 Å². The molecule has 1 unspecified atom stereocenters. The number of anilines is 3. The molecule has 0 aliphatic carbocycles. The molecule has 0 saturated carbocycles. The van der Waals surface area contributed by atoms with Gasteiger partial charge in [0.05, 0.1) is 23.9 Å². The van der Waals surface area contributed by atoms with Gasteiger partial charge in [-0.25, -0.2) is 18.6 Å². The molecule has 186 valence electrons. The fourth-order valence-corrected chi connectivity index (χ4v) is 4.45. The summed E-state index contributed by atoms with van der Waals surface area (Å²) in [5, 5.41) is 6.79. The smallest absolute Gasteiger partial charge is 0.261 e. The standard InChI is InChI=1S/C24H28FN5O4S/c1-14-9-18(30-35(3,4)32)11-20-22(14)23(27-13-26-20)29-19-6-5-16(25)10-21(19)34-15(2)24(31)28-17-7-8-33-12-17/h5-6,9-11,13,15,17H,3,7-8,12H2,1-2,4H3,(H,28,31)(H,30,32)(H,26,27,29)/t15-,17+,35?/m1/s1. The SMILES string of the molecule is C=S(C)(=O)Nc1cc(C)c2c(Nc3ccc(F)cc3O[C@H](C)C(=O)N[C@H]3CCOC3)ncnc2c1. The second-order valence-corrected chi connectivity index (χ2v) is 10.8. The number of nitrogens with zero attached hydrogens (tertiary/aromatic N) is 2. The molecule has 4 rings (SSSR count). The summed E-state index contributed by atoms with van der Waals surface area (Å²) in [7, 11) is -2.46. The first-order valence-corrected chi connectivity index (χ1v) is 13.2. The van der Waals surface area contributed by atoms with Gasteiger partial charge < -0.3 is 24.8 Å². The molecule has 9 nitrogen and oxygen atoms in total. The summed E-state index contributed by atoms with van der Waals surface area (Å²) in [5.41, 5.74) is 2.50. The van der Waals surface area contributed by atoms with Crippen LogP contribution in [0.25, 0.3) is 10.9 Å². The van der Waals surface area contributed by atoms with Gasteiger partial charge >= 0.3 is 0 Å². The third-order valence-electron chi connectivity index (χ3n) is 5.41. The summed E-state index contributed by atoms with van der Waals surface area (Å²) in [6.07, 6.45) is 2.79. The van der Waals surface area contributed by atoms with Gasteiger partial charge in [0, 0.05) is 39.7 Å². The van der Waals surface area contributed by atoms with Gasteiger partial charge in [-0.1, -0.05) is 0 Å². The predicted molar refractivity (Wildman–Crippen MR) is 136 cm³/mol. The Hall–Kier alpha value is -3.44. The maximum Gasteiger partial charge on any atom is 0.261 e. The number of benzene rings is 2.